The van der Waals surface area contributed by atoms with Crippen LogP contribution in [0.1, 0.15) is 25.0 Å². The molecule has 0 aliphatic heterocycles. The number of aromatic nitrogens is 3. The van der Waals surface area contributed by atoms with E-state index in [1.807, 2.05) is 48.5 Å². The molecule has 1 heterocycles. The lowest BCUT2D eigenvalue weighted by Crippen LogP contribution is -2.14. The summed E-state index contributed by atoms with van der Waals surface area (Å²) in [7, 11) is 0. The van der Waals surface area contributed by atoms with E-state index in [-0.39, 0.29) is 5.41 Å². The second kappa shape index (κ2) is 13.0. The van der Waals surface area contributed by atoms with Crippen molar-refractivity contribution in [2.24, 2.45) is 0 Å². The van der Waals surface area contributed by atoms with Crippen molar-refractivity contribution in [3.8, 4) is 78.7 Å². The van der Waals surface area contributed by atoms with Crippen LogP contribution < -0.4 is 0 Å². The van der Waals surface area contributed by atoms with Crippen molar-refractivity contribution in [3.63, 3.8) is 0 Å². The average Bonchev–Trinajstić information content (AvgIpc) is 3.46. The number of hydrogen-bond donors (Lipinski definition) is 0. The van der Waals surface area contributed by atoms with Gasteiger partial charge in [0.2, 0.25) is 0 Å². The molecule has 0 bridgehead atoms. The second-order valence-corrected chi connectivity index (χ2v) is 13.9. The predicted molar refractivity (Wildman–Crippen MR) is 216 cm³/mol. The summed E-state index contributed by atoms with van der Waals surface area (Å²) in [5.74, 6) is 1.90. The molecule has 0 radical (unpaired) electrons. The van der Waals surface area contributed by atoms with Crippen LogP contribution in [-0.4, -0.2) is 15.0 Å². The molecule has 7 aromatic carbocycles. The molecule has 1 aliphatic carbocycles. The first-order valence-corrected chi connectivity index (χ1v) is 17.8. The van der Waals surface area contributed by atoms with Crippen LogP contribution in [0.3, 0.4) is 0 Å². The number of fused-ring (bicyclic) bond motifs is 3. The maximum atomic E-state index is 7.62. The molecule has 9 rings (SSSR count). The molecule has 1 aliphatic rings. The van der Waals surface area contributed by atoms with E-state index in [1.54, 1.807) is 0 Å². The Bertz CT molecular complexity index is 2670. The molecule has 0 fully saturated rings. The molecular formula is C49H34N4. The Morgan fingerprint density at radius 2 is 0.887 bits per heavy atom. The highest BCUT2D eigenvalue weighted by atomic mass is 15.0. The lowest BCUT2D eigenvalue weighted by atomic mass is 9.82. The molecular weight excluding hydrogens is 645 g/mol. The van der Waals surface area contributed by atoms with Crippen LogP contribution in [0.25, 0.3) is 83.5 Å². The van der Waals surface area contributed by atoms with Gasteiger partial charge in [0.05, 0.1) is 6.57 Å². The minimum Gasteiger partial charge on any atom is -0.238 e. The zero-order chi connectivity index (χ0) is 35.9. The smallest absolute Gasteiger partial charge is 0.187 e. The number of rotatable bonds is 6. The third-order valence-electron chi connectivity index (χ3n) is 10.4. The van der Waals surface area contributed by atoms with E-state index < -0.39 is 0 Å². The molecule has 4 heteroatoms. The maximum absolute atomic E-state index is 7.62. The van der Waals surface area contributed by atoms with Crippen molar-refractivity contribution in [1.82, 2.24) is 15.0 Å². The molecule has 0 amide bonds. The van der Waals surface area contributed by atoms with Crippen molar-refractivity contribution < 1.29 is 0 Å². The Kier molecular flexibility index (Phi) is 7.83. The second-order valence-electron chi connectivity index (χ2n) is 13.9. The van der Waals surface area contributed by atoms with Crippen LogP contribution in [0.2, 0.25) is 0 Å². The lowest BCUT2D eigenvalue weighted by Gasteiger charge is -2.21. The zero-order valence-corrected chi connectivity index (χ0v) is 29.5. The standard InChI is InChI=1S/C49H34N4/c1-49(2)43-30-29-38(50-3)31-42(43)45-40(19-12-20-44(45)49)35-25-21-32(22-26-35)33-23-27-37(28-24-33)47-51-46(36-15-8-5-9-16-36)52-48(53-47)41-18-11-10-17-39(41)34-13-6-4-7-14-34/h4-31H,1-2H3. The fourth-order valence-corrected chi connectivity index (χ4v) is 7.65. The molecule has 0 unspecified atom stereocenters. The van der Waals surface area contributed by atoms with Gasteiger partial charge in [-0.05, 0) is 61.7 Å². The molecule has 0 N–H and O–H groups in total. The van der Waals surface area contributed by atoms with Gasteiger partial charge in [-0.2, -0.15) is 0 Å². The van der Waals surface area contributed by atoms with E-state index in [0.29, 0.717) is 23.2 Å². The summed E-state index contributed by atoms with van der Waals surface area (Å²) >= 11 is 0. The molecule has 8 aromatic rings. The van der Waals surface area contributed by atoms with Gasteiger partial charge in [0.15, 0.2) is 23.2 Å². The van der Waals surface area contributed by atoms with Gasteiger partial charge in [-0.15, -0.1) is 0 Å². The lowest BCUT2D eigenvalue weighted by molar-refractivity contribution is 0.660. The SMILES string of the molecule is [C-]#[N+]c1ccc2c(c1)-c1c(-c3ccc(-c4ccc(-c5nc(-c6ccccc6)nc(-c6ccccc6-c6ccccc6)n5)cc4)cc3)cccc1C2(C)C. The summed E-state index contributed by atoms with van der Waals surface area (Å²) in [6.07, 6.45) is 0. The number of benzene rings is 7. The highest BCUT2D eigenvalue weighted by molar-refractivity contribution is 5.94. The Labute approximate surface area is 310 Å². The van der Waals surface area contributed by atoms with Crippen molar-refractivity contribution >= 4 is 5.69 Å². The Morgan fingerprint density at radius 1 is 0.396 bits per heavy atom. The van der Waals surface area contributed by atoms with Gasteiger partial charge in [0, 0.05) is 22.1 Å². The molecule has 4 nitrogen and oxygen atoms in total. The third-order valence-corrected chi connectivity index (χ3v) is 10.4. The summed E-state index contributed by atoms with van der Waals surface area (Å²) in [5.41, 5.74) is 15.1. The first kappa shape index (κ1) is 32.0. The minimum atomic E-state index is -0.130. The first-order valence-electron chi connectivity index (χ1n) is 17.8. The molecule has 0 saturated heterocycles. The summed E-state index contributed by atoms with van der Waals surface area (Å²) in [4.78, 5) is 18.8. The van der Waals surface area contributed by atoms with Crippen LogP contribution in [0, 0.1) is 6.57 Å². The van der Waals surface area contributed by atoms with Gasteiger partial charge in [0.1, 0.15) is 0 Å². The zero-order valence-electron chi connectivity index (χ0n) is 29.5. The number of hydrogen-bond acceptors (Lipinski definition) is 3. The van der Waals surface area contributed by atoms with Gasteiger partial charge in [0.25, 0.3) is 0 Å². The monoisotopic (exact) mass is 678 g/mol. The van der Waals surface area contributed by atoms with Crippen molar-refractivity contribution in [2.45, 2.75) is 19.3 Å². The van der Waals surface area contributed by atoms with Crippen LogP contribution in [0.15, 0.2) is 170 Å². The van der Waals surface area contributed by atoms with Gasteiger partial charge in [-0.3, -0.25) is 0 Å². The predicted octanol–water partition coefficient (Wildman–Crippen LogP) is 12.7. The van der Waals surface area contributed by atoms with Crippen molar-refractivity contribution in [1.29, 1.82) is 0 Å². The fraction of sp³-hybridized carbons (Fsp3) is 0.0612. The number of nitrogens with zero attached hydrogens (tertiary/aromatic N) is 4. The van der Waals surface area contributed by atoms with E-state index in [0.717, 1.165) is 50.1 Å². The van der Waals surface area contributed by atoms with E-state index in [4.69, 9.17) is 21.5 Å². The molecule has 0 atom stereocenters. The van der Waals surface area contributed by atoms with Crippen LogP contribution in [-0.2, 0) is 5.41 Å². The van der Waals surface area contributed by atoms with Gasteiger partial charge >= 0.3 is 0 Å². The highest BCUT2D eigenvalue weighted by Gasteiger charge is 2.36. The van der Waals surface area contributed by atoms with Crippen LogP contribution in [0.4, 0.5) is 5.69 Å². The third kappa shape index (κ3) is 5.69. The minimum absolute atomic E-state index is 0.130. The Hall–Kier alpha value is -6.96. The largest absolute Gasteiger partial charge is 0.238 e. The summed E-state index contributed by atoms with van der Waals surface area (Å²) < 4.78 is 0. The van der Waals surface area contributed by atoms with Gasteiger partial charge in [-0.1, -0.05) is 178 Å². The normalized spacial score (nSPS) is 12.5. The Balaban J connectivity index is 1.07. The summed E-state index contributed by atoms with van der Waals surface area (Å²) in [5, 5.41) is 0. The fourth-order valence-electron chi connectivity index (χ4n) is 7.65. The summed E-state index contributed by atoms with van der Waals surface area (Å²) in [6, 6.07) is 58.7. The maximum Gasteiger partial charge on any atom is 0.187 e. The average molecular weight is 679 g/mol. The molecule has 0 saturated carbocycles. The molecule has 0 spiro atoms. The van der Waals surface area contributed by atoms with Gasteiger partial charge in [-0.25, -0.2) is 19.8 Å². The van der Waals surface area contributed by atoms with Crippen molar-refractivity contribution in [2.75, 3.05) is 0 Å². The quantitative estimate of drug-likeness (QED) is 0.164. The van der Waals surface area contributed by atoms with Crippen LogP contribution in [0.5, 0.6) is 0 Å². The molecule has 250 valence electrons. The summed E-state index contributed by atoms with van der Waals surface area (Å²) in [6.45, 7) is 12.2. The van der Waals surface area contributed by atoms with E-state index >= 15 is 0 Å². The highest BCUT2D eigenvalue weighted by Crippen LogP contribution is 2.53. The van der Waals surface area contributed by atoms with E-state index in [1.165, 1.54) is 22.3 Å². The van der Waals surface area contributed by atoms with Crippen LogP contribution >= 0.6 is 0 Å². The molecule has 53 heavy (non-hydrogen) atoms. The van der Waals surface area contributed by atoms with E-state index in [9.17, 15) is 0 Å². The molecule has 1 aromatic heterocycles. The van der Waals surface area contributed by atoms with Gasteiger partial charge < -0.3 is 0 Å². The first-order chi connectivity index (χ1) is 26.0. The van der Waals surface area contributed by atoms with Crippen molar-refractivity contribution in [3.05, 3.63) is 192 Å². The topological polar surface area (TPSA) is 43.0 Å². The Morgan fingerprint density at radius 3 is 1.53 bits per heavy atom. The van der Waals surface area contributed by atoms with E-state index in [2.05, 4.69) is 140 Å².